The van der Waals surface area contributed by atoms with Crippen LogP contribution in [0.1, 0.15) is 28.9 Å². The van der Waals surface area contributed by atoms with Gasteiger partial charge in [0.05, 0.1) is 25.9 Å². The SMILES string of the molecule is COc1ccc(-c2ccc(C(C)N3CCOCC3)cc2)c(C(=O)O)c1. The number of hydrogen-bond acceptors (Lipinski definition) is 4. The third-order valence-electron chi connectivity index (χ3n) is 4.75. The third-order valence-corrected chi connectivity index (χ3v) is 4.75. The van der Waals surface area contributed by atoms with Gasteiger partial charge in [-0.05, 0) is 41.8 Å². The lowest BCUT2D eigenvalue weighted by atomic mass is 9.96. The lowest BCUT2D eigenvalue weighted by molar-refractivity contribution is 0.0198. The lowest BCUT2D eigenvalue weighted by Gasteiger charge is -2.32. The first-order valence-corrected chi connectivity index (χ1v) is 8.43. The molecular weight excluding hydrogens is 318 g/mol. The maximum absolute atomic E-state index is 11.6. The van der Waals surface area contributed by atoms with Crippen molar-refractivity contribution in [2.45, 2.75) is 13.0 Å². The number of nitrogens with zero attached hydrogens (tertiary/aromatic N) is 1. The molecule has 0 amide bonds. The van der Waals surface area contributed by atoms with Crippen LogP contribution in [0.5, 0.6) is 5.75 Å². The van der Waals surface area contributed by atoms with Crippen molar-refractivity contribution in [3.63, 3.8) is 0 Å². The van der Waals surface area contributed by atoms with Crippen LogP contribution in [0.15, 0.2) is 42.5 Å². The fourth-order valence-corrected chi connectivity index (χ4v) is 3.20. The fourth-order valence-electron chi connectivity index (χ4n) is 3.20. The second-order valence-electron chi connectivity index (χ2n) is 6.16. The first kappa shape index (κ1) is 17.5. The summed E-state index contributed by atoms with van der Waals surface area (Å²) in [6.07, 6.45) is 0. The van der Waals surface area contributed by atoms with Gasteiger partial charge in [-0.15, -0.1) is 0 Å². The summed E-state index contributed by atoms with van der Waals surface area (Å²) in [6, 6.07) is 13.6. The van der Waals surface area contributed by atoms with Crippen molar-refractivity contribution in [3.8, 4) is 16.9 Å². The van der Waals surface area contributed by atoms with Gasteiger partial charge in [0.15, 0.2) is 0 Å². The van der Waals surface area contributed by atoms with Crippen molar-refractivity contribution < 1.29 is 19.4 Å². The van der Waals surface area contributed by atoms with E-state index in [4.69, 9.17) is 9.47 Å². The van der Waals surface area contributed by atoms with Crippen molar-refractivity contribution in [1.82, 2.24) is 4.90 Å². The standard InChI is InChI=1S/C20H23NO4/c1-14(21-9-11-25-12-10-21)15-3-5-16(6-4-15)18-8-7-17(24-2)13-19(18)20(22)23/h3-8,13-14H,9-12H2,1-2H3,(H,22,23). The maximum Gasteiger partial charge on any atom is 0.336 e. The number of hydrogen-bond donors (Lipinski definition) is 1. The summed E-state index contributed by atoms with van der Waals surface area (Å²) < 4.78 is 10.5. The molecule has 2 aromatic rings. The number of morpholine rings is 1. The Morgan fingerprint density at radius 3 is 2.44 bits per heavy atom. The highest BCUT2D eigenvalue weighted by molar-refractivity contribution is 5.96. The number of aromatic carboxylic acids is 1. The zero-order valence-electron chi connectivity index (χ0n) is 14.6. The number of carboxylic acid groups (broad SMARTS) is 1. The number of benzene rings is 2. The monoisotopic (exact) mass is 341 g/mol. The first-order chi connectivity index (χ1) is 12.1. The van der Waals surface area contributed by atoms with Crippen LogP contribution in [-0.2, 0) is 4.74 Å². The van der Waals surface area contributed by atoms with Gasteiger partial charge in [0.1, 0.15) is 5.75 Å². The van der Waals surface area contributed by atoms with Gasteiger partial charge in [-0.1, -0.05) is 24.3 Å². The van der Waals surface area contributed by atoms with E-state index in [0.29, 0.717) is 17.4 Å². The van der Waals surface area contributed by atoms with Gasteiger partial charge < -0.3 is 14.6 Å². The summed E-state index contributed by atoms with van der Waals surface area (Å²) in [5, 5.41) is 9.49. The van der Waals surface area contributed by atoms with Crippen LogP contribution in [0.4, 0.5) is 0 Å². The largest absolute Gasteiger partial charge is 0.497 e. The minimum atomic E-state index is -0.959. The Bertz CT molecular complexity index is 736. The van der Waals surface area contributed by atoms with E-state index >= 15 is 0 Å². The van der Waals surface area contributed by atoms with Gasteiger partial charge in [0, 0.05) is 19.1 Å². The van der Waals surface area contributed by atoms with Crippen LogP contribution in [-0.4, -0.2) is 49.4 Å². The van der Waals surface area contributed by atoms with Crippen LogP contribution in [0.2, 0.25) is 0 Å². The van der Waals surface area contributed by atoms with Crippen molar-refractivity contribution in [2.75, 3.05) is 33.4 Å². The molecule has 1 aliphatic heterocycles. The molecule has 1 aliphatic rings. The smallest absolute Gasteiger partial charge is 0.336 e. The molecule has 5 heteroatoms. The van der Waals surface area contributed by atoms with E-state index in [0.717, 1.165) is 31.9 Å². The molecule has 1 fully saturated rings. The Balaban J connectivity index is 1.86. The Morgan fingerprint density at radius 2 is 1.84 bits per heavy atom. The molecule has 0 aliphatic carbocycles. The summed E-state index contributed by atoms with van der Waals surface area (Å²) in [5.41, 5.74) is 3.04. The average molecular weight is 341 g/mol. The fraction of sp³-hybridized carbons (Fsp3) is 0.350. The van der Waals surface area contributed by atoms with Gasteiger partial charge in [-0.2, -0.15) is 0 Å². The Kier molecular flexibility index (Phi) is 5.36. The van der Waals surface area contributed by atoms with E-state index in [-0.39, 0.29) is 5.56 Å². The minimum Gasteiger partial charge on any atom is -0.497 e. The topological polar surface area (TPSA) is 59.0 Å². The molecule has 132 valence electrons. The second kappa shape index (κ2) is 7.68. The normalized spacial score (nSPS) is 16.4. The van der Waals surface area contributed by atoms with E-state index < -0.39 is 5.97 Å². The molecule has 2 aromatic carbocycles. The molecule has 0 saturated carbocycles. The Morgan fingerprint density at radius 1 is 1.16 bits per heavy atom. The molecule has 0 spiro atoms. The number of rotatable bonds is 5. The molecule has 0 aromatic heterocycles. The van der Waals surface area contributed by atoms with E-state index in [1.165, 1.54) is 12.7 Å². The van der Waals surface area contributed by atoms with Gasteiger partial charge in [0.2, 0.25) is 0 Å². The second-order valence-corrected chi connectivity index (χ2v) is 6.16. The van der Waals surface area contributed by atoms with Crippen LogP contribution in [0, 0.1) is 0 Å². The van der Waals surface area contributed by atoms with E-state index in [1.54, 1.807) is 18.2 Å². The molecule has 3 rings (SSSR count). The zero-order chi connectivity index (χ0) is 17.8. The zero-order valence-corrected chi connectivity index (χ0v) is 14.6. The van der Waals surface area contributed by atoms with Gasteiger partial charge in [0.25, 0.3) is 0 Å². The van der Waals surface area contributed by atoms with Crippen LogP contribution in [0.3, 0.4) is 0 Å². The van der Waals surface area contributed by atoms with E-state index in [2.05, 4.69) is 24.0 Å². The van der Waals surface area contributed by atoms with Gasteiger partial charge in [-0.3, -0.25) is 4.90 Å². The molecule has 25 heavy (non-hydrogen) atoms. The summed E-state index contributed by atoms with van der Waals surface area (Å²) in [5.74, 6) is -0.418. The summed E-state index contributed by atoms with van der Waals surface area (Å²) >= 11 is 0. The molecule has 0 radical (unpaired) electrons. The van der Waals surface area contributed by atoms with Gasteiger partial charge >= 0.3 is 5.97 Å². The summed E-state index contributed by atoms with van der Waals surface area (Å²) in [6.45, 7) is 5.61. The quantitative estimate of drug-likeness (QED) is 0.902. The molecule has 1 saturated heterocycles. The van der Waals surface area contributed by atoms with Crippen molar-refractivity contribution >= 4 is 5.97 Å². The van der Waals surface area contributed by atoms with Gasteiger partial charge in [-0.25, -0.2) is 4.79 Å². The van der Waals surface area contributed by atoms with Crippen molar-refractivity contribution in [2.24, 2.45) is 0 Å². The maximum atomic E-state index is 11.6. The van der Waals surface area contributed by atoms with Crippen molar-refractivity contribution in [3.05, 3.63) is 53.6 Å². The average Bonchev–Trinajstić information content (AvgIpc) is 2.67. The predicted octanol–water partition coefficient (Wildman–Crippen LogP) is 3.45. The number of ether oxygens (including phenoxy) is 2. The van der Waals surface area contributed by atoms with E-state index in [9.17, 15) is 9.90 Å². The Labute approximate surface area is 147 Å². The van der Waals surface area contributed by atoms with Crippen molar-refractivity contribution in [1.29, 1.82) is 0 Å². The summed E-state index contributed by atoms with van der Waals surface area (Å²) in [7, 11) is 1.53. The molecule has 1 N–H and O–H groups in total. The molecule has 1 unspecified atom stereocenters. The number of methoxy groups -OCH3 is 1. The third kappa shape index (κ3) is 3.83. The van der Waals surface area contributed by atoms with Crippen LogP contribution < -0.4 is 4.74 Å². The summed E-state index contributed by atoms with van der Waals surface area (Å²) in [4.78, 5) is 14.0. The van der Waals surface area contributed by atoms with Crippen LogP contribution >= 0.6 is 0 Å². The number of carbonyl (C=O) groups is 1. The number of carboxylic acids is 1. The minimum absolute atomic E-state index is 0.244. The molecule has 1 heterocycles. The molecule has 5 nitrogen and oxygen atoms in total. The van der Waals surface area contributed by atoms with E-state index in [1.807, 2.05) is 12.1 Å². The molecule has 0 bridgehead atoms. The predicted molar refractivity (Wildman–Crippen MR) is 96.2 cm³/mol. The highest BCUT2D eigenvalue weighted by Gasteiger charge is 2.19. The molecular formula is C20H23NO4. The van der Waals surface area contributed by atoms with Crippen LogP contribution in [0.25, 0.3) is 11.1 Å². The highest BCUT2D eigenvalue weighted by atomic mass is 16.5. The lowest BCUT2D eigenvalue weighted by Crippen LogP contribution is -2.37. The first-order valence-electron chi connectivity index (χ1n) is 8.43. The molecule has 1 atom stereocenters. The highest BCUT2D eigenvalue weighted by Crippen LogP contribution is 2.29. The Hall–Kier alpha value is -2.37.